The Morgan fingerprint density at radius 2 is 1.78 bits per heavy atom. The summed E-state index contributed by atoms with van der Waals surface area (Å²) in [4.78, 5) is 22.6. The maximum Gasteiger partial charge on any atom is 0.307 e. The summed E-state index contributed by atoms with van der Waals surface area (Å²) in [6.45, 7) is 3.69. The van der Waals surface area contributed by atoms with Crippen molar-refractivity contribution in [2.75, 3.05) is 19.3 Å². The summed E-state index contributed by atoms with van der Waals surface area (Å²) in [6.07, 6.45) is 1.03. The number of hydrogen-bond acceptors (Lipinski definition) is 4. The molecule has 0 saturated heterocycles. The Bertz CT molecular complexity index is 457. The standard InChI is InChI=1S/C10H18N2O5S/c1-10(2)6(7(10)9(14)15)8(13)11-4-5-12-18(3,16)17/h6-7,12H,4-5H2,1-3H3,(H,11,13)(H,14,15). The Kier molecular flexibility index (Phi) is 4.02. The Morgan fingerprint density at radius 1 is 1.22 bits per heavy atom. The van der Waals surface area contributed by atoms with E-state index in [2.05, 4.69) is 10.0 Å². The Balaban J connectivity index is 2.38. The molecule has 0 aromatic heterocycles. The molecule has 0 radical (unpaired) electrons. The summed E-state index contributed by atoms with van der Waals surface area (Å²) >= 11 is 0. The minimum Gasteiger partial charge on any atom is -0.481 e. The quantitative estimate of drug-likeness (QED) is 0.540. The summed E-state index contributed by atoms with van der Waals surface area (Å²) in [5.74, 6) is -2.54. The Hall–Kier alpha value is -1.15. The van der Waals surface area contributed by atoms with E-state index in [1.807, 2.05) is 0 Å². The Morgan fingerprint density at radius 3 is 2.17 bits per heavy atom. The normalized spacial score (nSPS) is 25.5. The molecule has 1 aliphatic rings. The van der Waals surface area contributed by atoms with Crippen LogP contribution in [0.1, 0.15) is 13.8 Å². The number of aliphatic carboxylic acids is 1. The van der Waals surface area contributed by atoms with Crippen molar-refractivity contribution in [2.45, 2.75) is 13.8 Å². The number of hydrogen-bond donors (Lipinski definition) is 3. The fraction of sp³-hybridized carbons (Fsp3) is 0.800. The third-order valence-corrected chi connectivity index (χ3v) is 3.89. The van der Waals surface area contributed by atoms with Crippen LogP contribution in [0.25, 0.3) is 0 Å². The molecule has 0 heterocycles. The third kappa shape index (κ3) is 3.42. The molecule has 0 aliphatic heterocycles. The number of carbonyl (C=O) groups excluding carboxylic acids is 1. The van der Waals surface area contributed by atoms with E-state index in [0.717, 1.165) is 6.26 Å². The van der Waals surface area contributed by atoms with Crippen LogP contribution in [0.3, 0.4) is 0 Å². The molecule has 18 heavy (non-hydrogen) atoms. The fourth-order valence-corrected chi connectivity index (χ4v) is 2.59. The summed E-state index contributed by atoms with van der Waals surface area (Å²) in [6, 6.07) is 0. The lowest BCUT2D eigenvalue weighted by molar-refractivity contribution is -0.140. The predicted octanol–water partition coefficient (Wildman–Crippen LogP) is -0.991. The van der Waals surface area contributed by atoms with Gasteiger partial charge in [-0.3, -0.25) is 9.59 Å². The molecule has 0 spiro atoms. The second-order valence-corrected chi connectivity index (χ2v) is 6.91. The first-order valence-electron chi connectivity index (χ1n) is 5.52. The van der Waals surface area contributed by atoms with Crippen LogP contribution in [0, 0.1) is 17.3 Å². The number of carbonyl (C=O) groups is 2. The molecule has 0 aromatic rings. The second-order valence-electron chi connectivity index (χ2n) is 5.07. The van der Waals surface area contributed by atoms with Gasteiger partial charge in [0, 0.05) is 13.1 Å². The molecular weight excluding hydrogens is 260 g/mol. The highest BCUT2D eigenvalue weighted by atomic mass is 32.2. The van der Waals surface area contributed by atoms with Gasteiger partial charge >= 0.3 is 5.97 Å². The number of sulfonamides is 1. The van der Waals surface area contributed by atoms with Crippen molar-refractivity contribution in [3.05, 3.63) is 0 Å². The van der Waals surface area contributed by atoms with E-state index >= 15 is 0 Å². The minimum atomic E-state index is -3.27. The van der Waals surface area contributed by atoms with Crippen molar-refractivity contribution in [1.29, 1.82) is 0 Å². The highest BCUT2D eigenvalue weighted by molar-refractivity contribution is 7.88. The molecule has 104 valence electrons. The van der Waals surface area contributed by atoms with Crippen LogP contribution < -0.4 is 10.0 Å². The van der Waals surface area contributed by atoms with Gasteiger partial charge in [-0.25, -0.2) is 13.1 Å². The molecule has 8 heteroatoms. The van der Waals surface area contributed by atoms with Crippen molar-refractivity contribution < 1.29 is 23.1 Å². The minimum absolute atomic E-state index is 0.0927. The van der Waals surface area contributed by atoms with Gasteiger partial charge in [-0.05, 0) is 5.41 Å². The topological polar surface area (TPSA) is 113 Å². The van der Waals surface area contributed by atoms with E-state index in [1.165, 1.54) is 0 Å². The van der Waals surface area contributed by atoms with E-state index < -0.39 is 33.2 Å². The maximum absolute atomic E-state index is 11.7. The van der Waals surface area contributed by atoms with Gasteiger partial charge in [-0.1, -0.05) is 13.8 Å². The van der Waals surface area contributed by atoms with Gasteiger partial charge in [-0.15, -0.1) is 0 Å². The third-order valence-electron chi connectivity index (χ3n) is 3.16. The molecule has 7 nitrogen and oxygen atoms in total. The molecular formula is C10H18N2O5S. The smallest absolute Gasteiger partial charge is 0.307 e. The predicted molar refractivity (Wildman–Crippen MR) is 64.3 cm³/mol. The van der Waals surface area contributed by atoms with E-state index in [-0.39, 0.29) is 19.0 Å². The van der Waals surface area contributed by atoms with E-state index in [1.54, 1.807) is 13.8 Å². The molecule has 1 amide bonds. The maximum atomic E-state index is 11.7. The average molecular weight is 278 g/mol. The first-order valence-corrected chi connectivity index (χ1v) is 7.41. The lowest BCUT2D eigenvalue weighted by atomic mass is 10.1. The van der Waals surface area contributed by atoms with E-state index in [0.29, 0.717) is 0 Å². The molecule has 1 aliphatic carbocycles. The lowest BCUT2D eigenvalue weighted by Crippen LogP contribution is -2.35. The van der Waals surface area contributed by atoms with Crippen molar-refractivity contribution in [3.8, 4) is 0 Å². The number of rotatable bonds is 6. The lowest BCUT2D eigenvalue weighted by Gasteiger charge is -2.06. The zero-order valence-electron chi connectivity index (χ0n) is 10.6. The van der Waals surface area contributed by atoms with Crippen molar-refractivity contribution >= 4 is 21.9 Å². The first-order chi connectivity index (χ1) is 8.07. The fourth-order valence-electron chi connectivity index (χ4n) is 2.12. The Labute approximate surface area is 106 Å². The van der Waals surface area contributed by atoms with Gasteiger partial charge in [0.1, 0.15) is 0 Å². The van der Waals surface area contributed by atoms with Crippen LogP contribution in [-0.4, -0.2) is 44.7 Å². The van der Waals surface area contributed by atoms with Gasteiger partial charge in [0.15, 0.2) is 0 Å². The summed E-state index contributed by atoms with van der Waals surface area (Å²) in [5.41, 5.74) is -0.541. The number of nitrogens with one attached hydrogen (secondary N) is 2. The van der Waals surface area contributed by atoms with Gasteiger partial charge in [0.25, 0.3) is 0 Å². The van der Waals surface area contributed by atoms with Gasteiger partial charge in [0.2, 0.25) is 15.9 Å². The van der Waals surface area contributed by atoms with E-state index in [9.17, 15) is 18.0 Å². The molecule has 2 unspecified atom stereocenters. The van der Waals surface area contributed by atoms with Crippen molar-refractivity contribution in [3.63, 3.8) is 0 Å². The zero-order chi connectivity index (χ0) is 14.1. The summed E-state index contributed by atoms with van der Waals surface area (Å²) < 4.78 is 23.8. The van der Waals surface area contributed by atoms with E-state index in [4.69, 9.17) is 5.11 Å². The largest absolute Gasteiger partial charge is 0.481 e. The molecule has 2 atom stereocenters. The summed E-state index contributed by atoms with van der Waals surface area (Å²) in [7, 11) is -3.27. The van der Waals surface area contributed by atoms with Crippen LogP contribution in [-0.2, 0) is 19.6 Å². The van der Waals surface area contributed by atoms with Gasteiger partial charge in [0.05, 0.1) is 18.1 Å². The highest BCUT2D eigenvalue weighted by Crippen LogP contribution is 2.58. The van der Waals surface area contributed by atoms with Crippen molar-refractivity contribution in [2.24, 2.45) is 17.3 Å². The van der Waals surface area contributed by atoms with Gasteiger partial charge < -0.3 is 10.4 Å². The molecule has 0 aromatic carbocycles. The molecule has 1 rings (SSSR count). The highest BCUT2D eigenvalue weighted by Gasteiger charge is 2.65. The SMILES string of the molecule is CC1(C)C(C(=O)O)C1C(=O)NCCNS(C)(=O)=O. The van der Waals surface area contributed by atoms with Crippen LogP contribution in [0.4, 0.5) is 0 Å². The van der Waals surface area contributed by atoms with Crippen molar-refractivity contribution in [1.82, 2.24) is 10.0 Å². The van der Waals surface area contributed by atoms with Crippen LogP contribution >= 0.6 is 0 Å². The van der Waals surface area contributed by atoms with Crippen LogP contribution in [0.2, 0.25) is 0 Å². The molecule has 1 saturated carbocycles. The first kappa shape index (κ1) is 14.9. The number of carboxylic acid groups (broad SMARTS) is 1. The average Bonchev–Trinajstić information content (AvgIpc) is 2.75. The van der Waals surface area contributed by atoms with Crippen LogP contribution in [0.15, 0.2) is 0 Å². The second kappa shape index (κ2) is 4.85. The number of carboxylic acids is 1. The summed E-state index contributed by atoms with van der Waals surface area (Å²) in [5, 5.41) is 11.4. The molecule has 3 N–H and O–H groups in total. The van der Waals surface area contributed by atoms with Crippen LogP contribution in [0.5, 0.6) is 0 Å². The number of amides is 1. The zero-order valence-corrected chi connectivity index (χ0v) is 11.4. The molecule has 0 bridgehead atoms. The van der Waals surface area contributed by atoms with Gasteiger partial charge in [-0.2, -0.15) is 0 Å². The monoisotopic (exact) mass is 278 g/mol. The molecule has 1 fully saturated rings.